The lowest BCUT2D eigenvalue weighted by Gasteiger charge is -2.15. The van der Waals surface area contributed by atoms with Crippen LogP contribution in [0.25, 0.3) is 0 Å². The topological polar surface area (TPSA) is 77.2 Å². The fourth-order valence-electron chi connectivity index (χ4n) is 1.84. The van der Waals surface area contributed by atoms with Crippen molar-refractivity contribution in [3.63, 3.8) is 0 Å². The Bertz CT molecular complexity index is 620. The van der Waals surface area contributed by atoms with Crippen LogP contribution in [-0.2, 0) is 11.4 Å². The van der Waals surface area contributed by atoms with E-state index in [0.717, 1.165) is 5.56 Å². The number of halogens is 1. The molecular weight excluding hydrogens is 314 g/mol. The molecule has 0 fully saturated rings. The fourth-order valence-corrected chi connectivity index (χ4v) is 1.84. The molecule has 1 heterocycles. The predicted octanol–water partition coefficient (Wildman–Crippen LogP) is 3.00. The van der Waals surface area contributed by atoms with E-state index in [9.17, 15) is 4.79 Å². The van der Waals surface area contributed by atoms with Crippen LogP contribution in [0, 0.1) is 5.92 Å². The summed E-state index contributed by atoms with van der Waals surface area (Å²) in [5, 5.41) is 2.81. The highest BCUT2D eigenvalue weighted by Gasteiger charge is 2.17. The molecule has 0 spiro atoms. The number of amides is 1. The molecule has 2 rings (SSSR count). The molecule has 5 nitrogen and oxygen atoms in total. The van der Waals surface area contributed by atoms with Gasteiger partial charge in [0.2, 0.25) is 5.91 Å². The third-order valence-corrected chi connectivity index (χ3v) is 3.25. The summed E-state index contributed by atoms with van der Waals surface area (Å²) in [5.41, 5.74) is 7.49. The molecule has 124 valence electrons. The molecule has 2 aromatic rings. The zero-order valence-electron chi connectivity index (χ0n) is 13.2. The molecule has 0 radical (unpaired) electrons. The van der Waals surface area contributed by atoms with Crippen LogP contribution in [0.5, 0.6) is 5.75 Å². The van der Waals surface area contributed by atoms with Gasteiger partial charge >= 0.3 is 0 Å². The van der Waals surface area contributed by atoms with E-state index in [-0.39, 0.29) is 24.2 Å². The molecule has 0 bridgehead atoms. The van der Waals surface area contributed by atoms with Crippen molar-refractivity contribution < 1.29 is 9.53 Å². The van der Waals surface area contributed by atoms with Crippen LogP contribution in [0.15, 0.2) is 48.8 Å². The first kappa shape index (κ1) is 18.9. The number of carbonyl (C=O) groups excluding carboxylic acids is 1. The van der Waals surface area contributed by atoms with Crippen molar-refractivity contribution in [3.05, 3.63) is 54.4 Å². The highest BCUT2D eigenvalue weighted by molar-refractivity contribution is 5.94. The third-order valence-electron chi connectivity index (χ3n) is 3.25. The Balaban J connectivity index is 0.00000264. The predicted molar refractivity (Wildman–Crippen MR) is 93.7 cm³/mol. The normalized spacial score (nSPS) is 11.5. The van der Waals surface area contributed by atoms with Gasteiger partial charge in [-0.3, -0.25) is 9.78 Å². The Kier molecular flexibility index (Phi) is 7.51. The van der Waals surface area contributed by atoms with Crippen molar-refractivity contribution in [2.75, 3.05) is 5.32 Å². The summed E-state index contributed by atoms with van der Waals surface area (Å²) in [6.07, 6.45) is 3.48. The van der Waals surface area contributed by atoms with Crippen LogP contribution in [0.3, 0.4) is 0 Å². The number of pyridine rings is 1. The van der Waals surface area contributed by atoms with E-state index < -0.39 is 6.04 Å². The maximum Gasteiger partial charge on any atom is 0.241 e. The summed E-state index contributed by atoms with van der Waals surface area (Å²) in [6.45, 7) is 4.26. The lowest BCUT2D eigenvalue weighted by molar-refractivity contribution is -0.118. The molecule has 1 aromatic heterocycles. The van der Waals surface area contributed by atoms with Gasteiger partial charge < -0.3 is 15.8 Å². The first-order valence-corrected chi connectivity index (χ1v) is 7.24. The van der Waals surface area contributed by atoms with E-state index in [1.165, 1.54) is 0 Å². The van der Waals surface area contributed by atoms with Gasteiger partial charge in [0.15, 0.2) is 0 Å². The second kappa shape index (κ2) is 9.12. The van der Waals surface area contributed by atoms with Crippen LogP contribution >= 0.6 is 12.4 Å². The van der Waals surface area contributed by atoms with E-state index in [1.807, 2.05) is 44.2 Å². The van der Waals surface area contributed by atoms with Crippen molar-refractivity contribution in [2.45, 2.75) is 26.5 Å². The molecule has 23 heavy (non-hydrogen) atoms. The van der Waals surface area contributed by atoms with Crippen molar-refractivity contribution in [1.29, 1.82) is 0 Å². The Hall–Kier alpha value is -2.11. The minimum absolute atomic E-state index is 0. The van der Waals surface area contributed by atoms with Gasteiger partial charge in [0, 0.05) is 29.7 Å². The average Bonchev–Trinajstić information content (AvgIpc) is 2.53. The van der Waals surface area contributed by atoms with Gasteiger partial charge in [0.05, 0.1) is 6.04 Å². The summed E-state index contributed by atoms with van der Waals surface area (Å²) in [5.74, 6) is 0.573. The lowest BCUT2D eigenvalue weighted by atomic mass is 10.0. The SMILES string of the molecule is CC(C)[C@H](N)C(=O)Nc1cccc(OCc2cccnc2)c1.Cl. The number of nitrogens with one attached hydrogen (secondary N) is 1. The van der Waals surface area contributed by atoms with Gasteiger partial charge in [-0.2, -0.15) is 0 Å². The molecular formula is C17H22ClN3O2. The van der Waals surface area contributed by atoms with Crippen LogP contribution in [0.1, 0.15) is 19.4 Å². The molecule has 0 saturated carbocycles. The third kappa shape index (κ3) is 5.88. The highest BCUT2D eigenvalue weighted by atomic mass is 35.5. The van der Waals surface area contributed by atoms with Crippen molar-refractivity contribution in [2.24, 2.45) is 11.7 Å². The van der Waals surface area contributed by atoms with Crippen molar-refractivity contribution in [1.82, 2.24) is 4.98 Å². The molecule has 3 N–H and O–H groups in total. The van der Waals surface area contributed by atoms with Gasteiger partial charge in [-0.15, -0.1) is 12.4 Å². The van der Waals surface area contributed by atoms with Gasteiger partial charge in [-0.1, -0.05) is 26.0 Å². The molecule has 6 heteroatoms. The maximum absolute atomic E-state index is 12.0. The maximum atomic E-state index is 12.0. The van der Waals surface area contributed by atoms with Crippen molar-refractivity contribution in [3.8, 4) is 5.75 Å². The molecule has 0 unspecified atom stereocenters. The van der Waals surface area contributed by atoms with Gasteiger partial charge in [0.25, 0.3) is 0 Å². The average molecular weight is 336 g/mol. The molecule has 1 amide bonds. The summed E-state index contributed by atoms with van der Waals surface area (Å²) >= 11 is 0. The standard InChI is InChI=1S/C17H21N3O2.ClH/c1-12(2)16(18)17(21)20-14-6-3-7-15(9-14)22-11-13-5-4-8-19-10-13;/h3-10,12,16H,11,18H2,1-2H3,(H,20,21);1H/t16-;/m0./s1. The molecule has 0 aliphatic rings. The van der Waals surface area contributed by atoms with Gasteiger partial charge in [-0.05, 0) is 24.1 Å². The number of ether oxygens (including phenoxy) is 1. The van der Waals surface area contributed by atoms with Gasteiger partial charge in [0.1, 0.15) is 12.4 Å². The number of rotatable bonds is 6. The van der Waals surface area contributed by atoms with E-state index in [1.54, 1.807) is 18.5 Å². The molecule has 0 aliphatic heterocycles. The fraction of sp³-hybridized carbons (Fsp3) is 0.294. The minimum Gasteiger partial charge on any atom is -0.489 e. The van der Waals surface area contributed by atoms with Gasteiger partial charge in [-0.25, -0.2) is 0 Å². The summed E-state index contributed by atoms with van der Waals surface area (Å²) < 4.78 is 5.70. The van der Waals surface area contributed by atoms with Crippen LogP contribution in [-0.4, -0.2) is 16.9 Å². The van der Waals surface area contributed by atoms with Crippen molar-refractivity contribution >= 4 is 24.0 Å². The van der Waals surface area contributed by atoms with E-state index in [2.05, 4.69) is 10.3 Å². The number of anilines is 1. The number of hydrogen-bond donors (Lipinski definition) is 2. The lowest BCUT2D eigenvalue weighted by Crippen LogP contribution is -2.39. The zero-order valence-corrected chi connectivity index (χ0v) is 14.0. The number of nitrogens with two attached hydrogens (primary N) is 1. The van der Waals surface area contributed by atoms with Crippen LogP contribution in [0.2, 0.25) is 0 Å². The molecule has 0 saturated heterocycles. The first-order valence-electron chi connectivity index (χ1n) is 7.24. The smallest absolute Gasteiger partial charge is 0.241 e. The molecule has 1 atom stereocenters. The monoisotopic (exact) mass is 335 g/mol. The zero-order chi connectivity index (χ0) is 15.9. The van der Waals surface area contributed by atoms with E-state index in [0.29, 0.717) is 18.0 Å². The largest absolute Gasteiger partial charge is 0.489 e. The number of benzene rings is 1. The Morgan fingerprint density at radius 3 is 2.74 bits per heavy atom. The quantitative estimate of drug-likeness (QED) is 0.850. The number of nitrogens with zero attached hydrogens (tertiary/aromatic N) is 1. The molecule has 1 aromatic carbocycles. The second-order valence-electron chi connectivity index (χ2n) is 5.44. The van der Waals surface area contributed by atoms with E-state index >= 15 is 0 Å². The first-order chi connectivity index (χ1) is 10.6. The Morgan fingerprint density at radius 1 is 1.30 bits per heavy atom. The number of hydrogen-bond acceptors (Lipinski definition) is 4. The molecule has 0 aliphatic carbocycles. The Morgan fingerprint density at radius 2 is 2.09 bits per heavy atom. The Labute approximate surface area is 142 Å². The van der Waals surface area contributed by atoms with Crippen LogP contribution in [0.4, 0.5) is 5.69 Å². The van der Waals surface area contributed by atoms with Crippen LogP contribution < -0.4 is 15.8 Å². The second-order valence-corrected chi connectivity index (χ2v) is 5.44. The summed E-state index contributed by atoms with van der Waals surface area (Å²) in [7, 11) is 0. The highest BCUT2D eigenvalue weighted by Crippen LogP contribution is 2.19. The number of carbonyl (C=O) groups is 1. The minimum atomic E-state index is -0.528. The summed E-state index contributed by atoms with van der Waals surface area (Å²) in [4.78, 5) is 16.0. The van der Waals surface area contributed by atoms with E-state index in [4.69, 9.17) is 10.5 Å². The summed E-state index contributed by atoms with van der Waals surface area (Å²) in [6, 6.07) is 10.5. The number of aromatic nitrogens is 1.